The van der Waals surface area contributed by atoms with Crippen molar-refractivity contribution >= 4 is 0 Å². The first kappa shape index (κ1) is 17.4. The summed E-state index contributed by atoms with van der Waals surface area (Å²) in [7, 11) is 0. The largest absolute Gasteiger partial charge is 0.193 e. The fourth-order valence-electron chi connectivity index (χ4n) is 1.33. The molecular weight excluding hydrogens is 244 g/mol. The lowest BCUT2D eigenvalue weighted by Gasteiger charge is -1.91. The van der Waals surface area contributed by atoms with Crippen LogP contribution in [0, 0.1) is 22.7 Å². The zero-order valence-corrected chi connectivity index (χ0v) is 11.7. The van der Waals surface area contributed by atoms with Gasteiger partial charge in [0.05, 0.1) is 12.1 Å². The van der Waals surface area contributed by atoms with Gasteiger partial charge in [-0.05, 0) is 25.7 Å². The lowest BCUT2D eigenvalue weighted by Crippen LogP contribution is -1.71. The van der Waals surface area contributed by atoms with Crippen LogP contribution in [0.15, 0.2) is 72.9 Å². The van der Waals surface area contributed by atoms with Crippen LogP contribution < -0.4 is 0 Å². The van der Waals surface area contributed by atoms with Gasteiger partial charge < -0.3 is 0 Å². The Kier molecular flexibility index (Phi) is 14.3. The molecule has 0 radical (unpaired) electrons. The minimum atomic E-state index is 1.07. The van der Waals surface area contributed by atoms with E-state index in [0.717, 1.165) is 12.8 Å². The molecule has 0 N–H and O–H groups in total. The molecule has 0 spiro atoms. The molecule has 0 bridgehead atoms. The average Bonchev–Trinajstić information content (AvgIpc) is 2.47. The fourth-order valence-corrected chi connectivity index (χ4v) is 1.33. The van der Waals surface area contributed by atoms with Gasteiger partial charge in [-0.1, -0.05) is 60.8 Å². The molecule has 0 heterocycles. The van der Waals surface area contributed by atoms with Gasteiger partial charge in [0.1, 0.15) is 0 Å². The first-order valence-electron chi connectivity index (χ1n) is 6.67. The monoisotopic (exact) mass is 264 g/mol. The van der Waals surface area contributed by atoms with Gasteiger partial charge in [0.2, 0.25) is 0 Å². The van der Waals surface area contributed by atoms with Crippen LogP contribution in [0.5, 0.6) is 0 Å². The predicted molar refractivity (Wildman–Crippen MR) is 84.5 cm³/mol. The zero-order valence-electron chi connectivity index (χ0n) is 11.7. The van der Waals surface area contributed by atoms with Gasteiger partial charge in [-0.2, -0.15) is 10.5 Å². The third-order valence-corrected chi connectivity index (χ3v) is 2.27. The molecule has 0 amide bonds. The summed E-state index contributed by atoms with van der Waals surface area (Å²) < 4.78 is 0. The summed E-state index contributed by atoms with van der Waals surface area (Å²) in [6.07, 6.45) is 26.6. The zero-order chi connectivity index (χ0) is 14.7. The van der Waals surface area contributed by atoms with Gasteiger partial charge in [0.25, 0.3) is 0 Å². The Hall–Kier alpha value is -2.58. The molecule has 0 aromatic rings. The quantitative estimate of drug-likeness (QED) is 0.337. The van der Waals surface area contributed by atoms with E-state index in [-0.39, 0.29) is 0 Å². The van der Waals surface area contributed by atoms with Crippen molar-refractivity contribution in [3.63, 3.8) is 0 Å². The minimum Gasteiger partial charge on any atom is -0.193 e. The van der Waals surface area contributed by atoms with Gasteiger partial charge in [-0.15, -0.1) is 0 Å². The highest BCUT2D eigenvalue weighted by Gasteiger charge is 1.82. The Labute approximate surface area is 122 Å². The van der Waals surface area contributed by atoms with Crippen molar-refractivity contribution in [1.29, 1.82) is 10.5 Å². The Morgan fingerprint density at radius 1 is 0.550 bits per heavy atom. The van der Waals surface area contributed by atoms with Crippen molar-refractivity contribution in [2.75, 3.05) is 0 Å². The number of hydrogen-bond donors (Lipinski definition) is 0. The maximum absolute atomic E-state index is 8.27. The molecule has 20 heavy (non-hydrogen) atoms. The summed E-state index contributed by atoms with van der Waals surface area (Å²) in [6.45, 7) is 0. The summed E-state index contributed by atoms with van der Waals surface area (Å²) in [5.41, 5.74) is 0. The summed E-state index contributed by atoms with van der Waals surface area (Å²) in [5, 5.41) is 16.5. The molecule has 0 aliphatic carbocycles. The highest BCUT2D eigenvalue weighted by atomic mass is 14.2. The van der Waals surface area contributed by atoms with Crippen molar-refractivity contribution in [3.8, 4) is 12.1 Å². The van der Waals surface area contributed by atoms with Crippen LogP contribution in [0.4, 0.5) is 0 Å². The molecule has 0 aromatic carbocycles. The molecule has 0 atom stereocenters. The van der Waals surface area contributed by atoms with Crippen molar-refractivity contribution in [3.05, 3.63) is 72.9 Å². The summed E-state index contributed by atoms with van der Waals surface area (Å²) in [6, 6.07) is 3.86. The number of rotatable bonds is 9. The average molecular weight is 264 g/mol. The molecule has 2 heteroatoms. The normalized spacial score (nSPS) is 12.5. The van der Waals surface area contributed by atoms with Crippen LogP contribution in [0.1, 0.15) is 25.7 Å². The maximum Gasteiger partial charge on any atom is 0.0912 e. The Balaban J connectivity index is 3.49. The van der Waals surface area contributed by atoms with Gasteiger partial charge in [-0.25, -0.2) is 0 Å². The molecular formula is C18H20N2. The second-order valence-electron chi connectivity index (χ2n) is 3.89. The summed E-state index contributed by atoms with van der Waals surface area (Å²) in [5.74, 6) is 0. The smallest absolute Gasteiger partial charge is 0.0912 e. The fraction of sp³-hybridized carbons (Fsp3) is 0.222. The standard InChI is InChI=1S/C18H20N2/c19-17-15-13-11-9-7-5-3-1-2-4-6-8-10-12-14-16-18-20/h5-16H,1-4H2/b7-5+,8-6+,11-9+,12-10+,15-13+,16-14+. The van der Waals surface area contributed by atoms with Gasteiger partial charge >= 0.3 is 0 Å². The van der Waals surface area contributed by atoms with E-state index in [2.05, 4.69) is 12.2 Å². The molecule has 0 saturated heterocycles. The van der Waals surface area contributed by atoms with E-state index >= 15 is 0 Å². The lowest BCUT2D eigenvalue weighted by molar-refractivity contribution is 0.762. The number of hydrogen-bond acceptors (Lipinski definition) is 2. The van der Waals surface area contributed by atoms with Gasteiger partial charge in [0, 0.05) is 12.2 Å². The second kappa shape index (κ2) is 16.4. The molecule has 0 unspecified atom stereocenters. The van der Waals surface area contributed by atoms with E-state index in [1.165, 1.54) is 25.0 Å². The van der Waals surface area contributed by atoms with Gasteiger partial charge in [-0.3, -0.25) is 0 Å². The lowest BCUT2D eigenvalue weighted by atomic mass is 10.2. The third-order valence-electron chi connectivity index (χ3n) is 2.27. The van der Waals surface area contributed by atoms with Crippen molar-refractivity contribution in [2.45, 2.75) is 25.7 Å². The first-order chi connectivity index (χ1) is 9.91. The van der Waals surface area contributed by atoms with Crippen molar-refractivity contribution in [2.24, 2.45) is 0 Å². The SMILES string of the molecule is N#C/C=C/C=C/C=C/CCCC/C=C/C=C/C=C/C#N. The van der Waals surface area contributed by atoms with Crippen molar-refractivity contribution in [1.82, 2.24) is 0 Å². The molecule has 102 valence electrons. The molecule has 0 aliphatic rings. The number of allylic oxidation sites excluding steroid dienone is 12. The number of nitrogens with zero attached hydrogens (tertiary/aromatic N) is 2. The van der Waals surface area contributed by atoms with E-state index in [9.17, 15) is 0 Å². The van der Waals surface area contributed by atoms with E-state index in [0.29, 0.717) is 0 Å². The van der Waals surface area contributed by atoms with Crippen molar-refractivity contribution < 1.29 is 0 Å². The molecule has 0 aromatic heterocycles. The summed E-state index contributed by atoms with van der Waals surface area (Å²) in [4.78, 5) is 0. The van der Waals surface area contributed by atoms with E-state index in [4.69, 9.17) is 10.5 Å². The van der Waals surface area contributed by atoms with Crippen LogP contribution in [0.3, 0.4) is 0 Å². The maximum atomic E-state index is 8.27. The number of unbranched alkanes of at least 4 members (excludes halogenated alkanes) is 3. The summed E-state index contributed by atoms with van der Waals surface area (Å²) >= 11 is 0. The highest BCUT2D eigenvalue weighted by molar-refractivity contribution is 5.16. The second-order valence-corrected chi connectivity index (χ2v) is 3.89. The highest BCUT2D eigenvalue weighted by Crippen LogP contribution is 2.02. The van der Waals surface area contributed by atoms with Crippen LogP contribution in [-0.4, -0.2) is 0 Å². The topological polar surface area (TPSA) is 47.6 Å². The van der Waals surface area contributed by atoms with Crippen LogP contribution in [-0.2, 0) is 0 Å². The molecule has 0 saturated carbocycles. The number of nitriles is 2. The first-order valence-corrected chi connectivity index (χ1v) is 6.67. The van der Waals surface area contributed by atoms with Crippen LogP contribution in [0.25, 0.3) is 0 Å². The molecule has 0 fully saturated rings. The Morgan fingerprint density at radius 2 is 0.950 bits per heavy atom. The predicted octanol–water partition coefficient (Wildman–Crippen LogP) is 4.93. The molecule has 0 aliphatic heterocycles. The Morgan fingerprint density at radius 3 is 1.35 bits per heavy atom. The van der Waals surface area contributed by atoms with Crippen LogP contribution in [0.2, 0.25) is 0 Å². The Bertz CT molecular complexity index is 429. The van der Waals surface area contributed by atoms with E-state index in [1.54, 1.807) is 12.2 Å². The third kappa shape index (κ3) is 15.4. The minimum absolute atomic E-state index is 1.07. The van der Waals surface area contributed by atoms with E-state index in [1.807, 2.05) is 48.6 Å². The van der Waals surface area contributed by atoms with Crippen LogP contribution >= 0.6 is 0 Å². The molecule has 0 rings (SSSR count). The van der Waals surface area contributed by atoms with E-state index < -0.39 is 0 Å². The van der Waals surface area contributed by atoms with Gasteiger partial charge in [0.15, 0.2) is 0 Å². The molecule has 2 nitrogen and oxygen atoms in total.